The number of nitrogens with zero attached hydrogens (tertiary/aromatic N) is 3. The fraction of sp³-hybridized carbons (Fsp3) is 0.190. The molecule has 1 unspecified atom stereocenters. The molecule has 1 amide bonds. The van der Waals surface area contributed by atoms with Crippen LogP contribution in [0.4, 0.5) is 0 Å². The number of hydrogen-bond acceptors (Lipinski definition) is 4. The summed E-state index contributed by atoms with van der Waals surface area (Å²) in [7, 11) is 3.42. The summed E-state index contributed by atoms with van der Waals surface area (Å²) in [6.07, 6.45) is 4.89. The molecule has 1 aromatic heterocycles. The van der Waals surface area contributed by atoms with Crippen LogP contribution in [0.1, 0.15) is 24.2 Å². The molecule has 0 fully saturated rings. The number of fused-ring (bicyclic) bond motifs is 1. The van der Waals surface area contributed by atoms with Gasteiger partial charge in [-0.1, -0.05) is 24.3 Å². The van der Waals surface area contributed by atoms with Crippen molar-refractivity contribution in [2.45, 2.75) is 13.0 Å². The van der Waals surface area contributed by atoms with Gasteiger partial charge >= 0.3 is 0 Å². The average molecular weight is 347 g/mol. The van der Waals surface area contributed by atoms with E-state index in [0.717, 1.165) is 22.3 Å². The van der Waals surface area contributed by atoms with Crippen molar-refractivity contribution < 1.29 is 9.53 Å². The Kier molecular flexibility index (Phi) is 5.27. The Bertz CT molecular complexity index is 935. The van der Waals surface area contributed by atoms with Crippen LogP contribution in [-0.2, 0) is 4.79 Å². The first-order valence-corrected chi connectivity index (χ1v) is 8.39. The molecule has 5 heteroatoms. The van der Waals surface area contributed by atoms with E-state index in [4.69, 9.17) is 4.74 Å². The van der Waals surface area contributed by atoms with Crippen LogP contribution in [0.15, 0.2) is 60.8 Å². The zero-order chi connectivity index (χ0) is 18.5. The lowest BCUT2D eigenvalue weighted by molar-refractivity contribution is -0.126. The molecule has 2 aromatic carbocycles. The molecule has 0 aliphatic rings. The number of amides is 1. The summed E-state index contributed by atoms with van der Waals surface area (Å²) < 4.78 is 5.17. The SMILES string of the molecule is COc1ccc(C(C)N(C)C(=O)/C=C/c2cnc3ccccc3n2)cc1. The van der Waals surface area contributed by atoms with Gasteiger partial charge in [0.05, 0.1) is 36.1 Å². The van der Waals surface area contributed by atoms with Crippen LogP contribution in [-0.4, -0.2) is 34.9 Å². The van der Waals surface area contributed by atoms with Gasteiger partial charge in [-0.2, -0.15) is 0 Å². The largest absolute Gasteiger partial charge is 0.497 e. The fourth-order valence-corrected chi connectivity index (χ4v) is 2.62. The minimum atomic E-state index is -0.0942. The lowest BCUT2D eigenvalue weighted by Crippen LogP contribution is -2.27. The second-order valence-corrected chi connectivity index (χ2v) is 6.02. The number of methoxy groups -OCH3 is 1. The second-order valence-electron chi connectivity index (χ2n) is 6.02. The molecule has 0 aliphatic carbocycles. The van der Waals surface area contributed by atoms with Crippen molar-refractivity contribution in [3.63, 3.8) is 0 Å². The molecular weight excluding hydrogens is 326 g/mol. The number of para-hydroxylation sites is 2. The number of hydrogen-bond donors (Lipinski definition) is 0. The Balaban J connectivity index is 1.71. The van der Waals surface area contributed by atoms with Gasteiger partial charge in [-0.3, -0.25) is 9.78 Å². The molecule has 0 aliphatic heterocycles. The predicted molar refractivity (Wildman–Crippen MR) is 103 cm³/mol. The second kappa shape index (κ2) is 7.78. The zero-order valence-corrected chi connectivity index (χ0v) is 15.1. The number of likely N-dealkylation sites (N-methyl/N-ethyl adjacent to an activating group) is 1. The van der Waals surface area contributed by atoms with Crippen molar-refractivity contribution >= 4 is 23.0 Å². The molecule has 0 saturated heterocycles. The third kappa shape index (κ3) is 3.88. The summed E-state index contributed by atoms with van der Waals surface area (Å²) in [5, 5.41) is 0. The Hall–Kier alpha value is -3.21. The molecule has 0 spiro atoms. The van der Waals surface area contributed by atoms with Gasteiger partial charge in [-0.25, -0.2) is 4.98 Å². The van der Waals surface area contributed by atoms with Crippen LogP contribution in [0.25, 0.3) is 17.1 Å². The molecule has 0 N–H and O–H groups in total. The summed E-state index contributed by atoms with van der Waals surface area (Å²) in [6, 6.07) is 15.3. The van der Waals surface area contributed by atoms with Gasteiger partial charge in [0.2, 0.25) is 5.91 Å². The van der Waals surface area contributed by atoms with E-state index >= 15 is 0 Å². The first kappa shape index (κ1) is 17.6. The van der Waals surface area contributed by atoms with E-state index < -0.39 is 0 Å². The highest BCUT2D eigenvalue weighted by atomic mass is 16.5. The first-order chi connectivity index (χ1) is 12.6. The third-order valence-electron chi connectivity index (χ3n) is 4.39. The Labute approximate surface area is 153 Å². The lowest BCUT2D eigenvalue weighted by atomic mass is 10.1. The quantitative estimate of drug-likeness (QED) is 0.658. The van der Waals surface area contributed by atoms with Gasteiger partial charge in [0, 0.05) is 13.1 Å². The maximum atomic E-state index is 12.5. The van der Waals surface area contributed by atoms with Crippen LogP contribution in [0.3, 0.4) is 0 Å². The van der Waals surface area contributed by atoms with Gasteiger partial charge in [0.15, 0.2) is 0 Å². The molecular formula is C21H21N3O2. The highest BCUT2D eigenvalue weighted by Gasteiger charge is 2.15. The normalized spacial score (nSPS) is 12.3. The van der Waals surface area contributed by atoms with E-state index in [1.54, 1.807) is 31.3 Å². The van der Waals surface area contributed by atoms with Gasteiger partial charge < -0.3 is 9.64 Å². The monoisotopic (exact) mass is 347 g/mol. The van der Waals surface area contributed by atoms with Gasteiger partial charge in [-0.05, 0) is 42.8 Å². The van der Waals surface area contributed by atoms with Gasteiger partial charge in [-0.15, -0.1) is 0 Å². The molecule has 0 bridgehead atoms. The van der Waals surface area contributed by atoms with Crippen molar-refractivity contribution in [2.75, 3.05) is 14.2 Å². The first-order valence-electron chi connectivity index (χ1n) is 8.39. The summed E-state index contributed by atoms with van der Waals surface area (Å²) in [5.41, 5.74) is 3.34. The average Bonchev–Trinajstić information content (AvgIpc) is 2.70. The van der Waals surface area contributed by atoms with E-state index in [1.807, 2.05) is 55.5 Å². The van der Waals surface area contributed by atoms with Crippen molar-refractivity contribution in [2.24, 2.45) is 0 Å². The molecule has 0 radical (unpaired) electrons. The Morgan fingerprint density at radius 3 is 2.50 bits per heavy atom. The summed E-state index contributed by atoms with van der Waals surface area (Å²) in [6.45, 7) is 1.99. The Morgan fingerprint density at radius 1 is 1.12 bits per heavy atom. The highest BCUT2D eigenvalue weighted by molar-refractivity contribution is 5.91. The number of ether oxygens (including phenoxy) is 1. The maximum Gasteiger partial charge on any atom is 0.246 e. The van der Waals surface area contributed by atoms with Crippen LogP contribution in [0, 0.1) is 0 Å². The topological polar surface area (TPSA) is 55.3 Å². The predicted octanol–water partition coefficient (Wildman–Crippen LogP) is 3.87. The number of rotatable bonds is 5. The number of carbonyl (C=O) groups excluding carboxylic acids is 1. The molecule has 3 aromatic rings. The van der Waals surface area contributed by atoms with Crippen LogP contribution in [0.2, 0.25) is 0 Å². The van der Waals surface area contributed by atoms with Crippen molar-refractivity contribution in [3.05, 3.63) is 72.1 Å². The molecule has 1 atom stereocenters. The molecule has 26 heavy (non-hydrogen) atoms. The minimum absolute atomic E-state index is 0.0549. The molecule has 0 saturated carbocycles. The smallest absolute Gasteiger partial charge is 0.246 e. The maximum absolute atomic E-state index is 12.5. The van der Waals surface area contributed by atoms with Gasteiger partial charge in [0.25, 0.3) is 0 Å². The fourth-order valence-electron chi connectivity index (χ4n) is 2.62. The summed E-state index contributed by atoms with van der Waals surface area (Å²) in [4.78, 5) is 23.0. The molecule has 5 nitrogen and oxygen atoms in total. The highest BCUT2D eigenvalue weighted by Crippen LogP contribution is 2.22. The molecule has 1 heterocycles. The summed E-state index contributed by atoms with van der Waals surface area (Å²) >= 11 is 0. The third-order valence-corrected chi connectivity index (χ3v) is 4.39. The minimum Gasteiger partial charge on any atom is -0.497 e. The number of aromatic nitrogens is 2. The number of carbonyl (C=O) groups is 1. The van der Waals surface area contributed by atoms with E-state index in [-0.39, 0.29) is 11.9 Å². The van der Waals surface area contributed by atoms with E-state index in [2.05, 4.69) is 9.97 Å². The van der Waals surface area contributed by atoms with Crippen LogP contribution in [0.5, 0.6) is 5.75 Å². The Morgan fingerprint density at radius 2 is 1.81 bits per heavy atom. The van der Waals surface area contributed by atoms with Crippen LogP contribution >= 0.6 is 0 Å². The van der Waals surface area contributed by atoms with E-state index in [1.165, 1.54) is 6.08 Å². The van der Waals surface area contributed by atoms with E-state index in [0.29, 0.717) is 5.69 Å². The van der Waals surface area contributed by atoms with Crippen molar-refractivity contribution in [1.82, 2.24) is 14.9 Å². The standard InChI is InChI=1S/C21H21N3O2/c1-15(16-8-11-18(26-3)12-9-16)24(2)21(25)13-10-17-14-22-19-6-4-5-7-20(19)23-17/h4-15H,1-3H3/b13-10+. The zero-order valence-electron chi connectivity index (χ0n) is 15.1. The number of benzene rings is 2. The van der Waals surface area contributed by atoms with Crippen molar-refractivity contribution in [1.29, 1.82) is 0 Å². The molecule has 3 rings (SSSR count). The summed E-state index contributed by atoms with van der Waals surface area (Å²) in [5.74, 6) is 0.702. The lowest BCUT2D eigenvalue weighted by Gasteiger charge is -2.24. The van der Waals surface area contributed by atoms with Crippen LogP contribution < -0.4 is 4.74 Å². The van der Waals surface area contributed by atoms with Gasteiger partial charge in [0.1, 0.15) is 5.75 Å². The molecule has 132 valence electrons. The van der Waals surface area contributed by atoms with E-state index in [9.17, 15) is 4.79 Å². The van der Waals surface area contributed by atoms with Crippen molar-refractivity contribution in [3.8, 4) is 5.75 Å².